The highest BCUT2D eigenvalue weighted by atomic mass is 16.3. The number of nitrogens with zero attached hydrogens (tertiary/aromatic N) is 2. The molecule has 1 N–H and O–H groups in total. The average molecular weight is 371 g/mol. The summed E-state index contributed by atoms with van der Waals surface area (Å²) in [6.07, 6.45) is 8.11. The van der Waals surface area contributed by atoms with Crippen LogP contribution in [0.25, 0.3) is 0 Å². The number of aromatic nitrogens is 1. The van der Waals surface area contributed by atoms with Gasteiger partial charge in [-0.1, -0.05) is 20.8 Å². The molecule has 4 nitrogen and oxygen atoms in total. The zero-order chi connectivity index (χ0) is 19.4. The number of amides is 1. The molecule has 4 heteroatoms. The number of hydrogen-bond donors (Lipinski definition) is 1. The van der Waals surface area contributed by atoms with Gasteiger partial charge in [-0.15, -0.1) is 0 Å². The zero-order valence-electron chi connectivity index (χ0n) is 17.3. The number of carbonyl (C=O) groups excluding carboxylic acids is 1. The molecule has 1 amide bonds. The molecular weight excluding hydrogens is 336 g/mol. The first kappa shape index (κ1) is 18.9. The summed E-state index contributed by atoms with van der Waals surface area (Å²) in [6.45, 7) is 10.4. The second-order valence-corrected chi connectivity index (χ2v) is 10.8. The largest absolute Gasteiger partial charge is 0.390 e. The minimum atomic E-state index is -0.614. The molecule has 1 aromatic heterocycles. The van der Waals surface area contributed by atoms with E-state index in [4.69, 9.17) is 0 Å². The predicted molar refractivity (Wildman–Crippen MR) is 107 cm³/mol. The Morgan fingerprint density at radius 2 is 1.85 bits per heavy atom. The maximum Gasteiger partial charge on any atom is 0.225 e. The number of hydrogen-bond acceptors (Lipinski definition) is 3. The van der Waals surface area contributed by atoms with Crippen molar-refractivity contribution in [3.63, 3.8) is 0 Å². The number of rotatable bonds is 2. The van der Waals surface area contributed by atoms with Crippen molar-refractivity contribution in [2.75, 3.05) is 13.1 Å². The number of carbonyl (C=O) groups is 1. The third-order valence-corrected chi connectivity index (χ3v) is 7.16. The monoisotopic (exact) mass is 370 g/mol. The predicted octanol–water partition coefficient (Wildman–Crippen LogP) is 4.03. The first-order valence-corrected chi connectivity index (χ1v) is 10.5. The van der Waals surface area contributed by atoms with Crippen LogP contribution in [-0.2, 0) is 10.2 Å². The number of aliphatic hydroxyl groups is 1. The van der Waals surface area contributed by atoms with Crippen molar-refractivity contribution in [1.82, 2.24) is 9.88 Å². The zero-order valence-corrected chi connectivity index (χ0v) is 17.3. The van der Waals surface area contributed by atoms with Crippen molar-refractivity contribution in [2.45, 2.75) is 83.2 Å². The van der Waals surface area contributed by atoms with E-state index in [0.717, 1.165) is 13.1 Å². The van der Waals surface area contributed by atoms with Crippen LogP contribution < -0.4 is 0 Å². The molecule has 27 heavy (non-hydrogen) atoms. The fourth-order valence-corrected chi connectivity index (χ4v) is 5.34. The van der Waals surface area contributed by atoms with E-state index in [1.54, 1.807) is 0 Å². The molecule has 1 saturated heterocycles. The normalized spacial score (nSPS) is 30.7. The van der Waals surface area contributed by atoms with Crippen LogP contribution in [0.5, 0.6) is 0 Å². The lowest BCUT2D eigenvalue weighted by atomic mass is 9.63. The smallest absolute Gasteiger partial charge is 0.225 e. The fourth-order valence-electron chi connectivity index (χ4n) is 5.34. The topological polar surface area (TPSA) is 53.4 Å². The van der Waals surface area contributed by atoms with Crippen molar-refractivity contribution >= 4 is 5.91 Å². The Labute approximate surface area is 163 Å². The third kappa shape index (κ3) is 3.65. The quantitative estimate of drug-likeness (QED) is 0.855. The summed E-state index contributed by atoms with van der Waals surface area (Å²) < 4.78 is 0. The van der Waals surface area contributed by atoms with Crippen molar-refractivity contribution in [3.8, 4) is 0 Å². The molecule has 148 valence electrons. The number of pyridine rings is 1. The molecule has 1 aliphatic heterocycles. The summed E-state index contributed by atoms with van der Waals surface area (Å²) in [7, 11) is 0. The number of likely N-dealkylation sites (tertiary alicyclic amines) is 1. The Bertz CT molecular complexity index is 710. The van der Waals surface area contributed by atoms with E-state index in [1.807, 2.05) is 18.0 Å². The van der Waals surface area contributed by atoms with Gasteiger partial charge in [0.25, 0.3) is 0 Å². The van der Waals surface area contributed by atoms with Crippen LogP contribution in [0.1, 0.15) is 83.4 Å². The molecule has 4 rings (SSSR count). The molecule has 0 unspecified atom stereocenters. The first-order valence-electron chi connectivity index (χ1n) is 10.5. The molecule has 0 aromatic carbocycles. The van der Waals surface area contributed by atoms with Crippen molar-refractivity contribution in [3.05, 3.63) is 29.6 Å². The van der Waals surface area contributed by atoms with Crippen molar-refractivity contribution < 1.29 is 9.90 Å². The van der Waals surface area contributed by atoms with Crippen LogP contribution in [0.3, 0.4) is 0 Å². The van der Waals surface area contributed by atoms with E-state index in [-0.39, 0.29) is 17.2 Å². The standard InChI is InChI=1S/C23H34N2O2/c1-21(2,3)19-11-17(7-10-24-19)16-5-8-23(9-6-16)14-25(15-23)20(26)18-12-22(4,27)13-18/h7,10-11,16,18,27H,5-6,8-9,12-15H2,1-4H3. The highest BCUT2D eigenvalue weighted by Gasteiger charge is 2.51. The molecule has 1 aromatic rings. The van der Waals surface area contributed by atoms with Gasteiger partial charge < -0.3 is 10.0 Å². The fraction of sp³-hybridized carbons (Fsp3) is 0.739. The van der Waals surface area contributed by atoms with Gasteiger partial charge in [-0.25, -0.2) is 0 Å². The summed E-state index contributed by atoms with van der Waals surface area (Å²) in [6, 6.07) is 4.50. The van der Waals surface area contributed by atoms with Gasteiger partial charge in [0, 0.05) is 41.7 Å². The lowest BCUT2D eigenvalue weighted by molar-refractivity contribution is -0.163. The highest BCUT2D eigenvalue weighted by molar-refractivity contribution is 5.81. The molecule has 2 heterocycles. The third-order valence-electron chi connectivity index (χ3n) is 7.16. The Hall–Kier alpha value is -1.42. The molecular formula is C23H34N2O2. The van der Waals surface area contributed by atoms with Gasteiger partial charge in [-0.05, 0) is 69.1 Å². The van der Waals surface area contributed by atoms with Crippen LogP contribution in [0.2, 0.25) is 0 Å². The van der Waals surface area contributed by atoms with Crippen LogP contribution in [0.15, 0.2) is 18.3 Å². The van der Waals surface area contributed by atoms with E-state index in [2.05, 4.69) is 37.9 Å². The minimum absolute atomic E-state index is 0.0568. The van der Waals surface area contributed by atoms with E-state index in [0.29, 0.717) is 24.2 Å². The van der Waals surface area contributed by atoms with Crippen molar-refractivity contribution in [2.24, 2.45) is 11.3 Å². The highest BCUT2D eigenvalue weighted by Crippen LogP contribution is 2.50. The van der Waals surface area contributed by atoms with E-state index >= 15 is 0 Å². The van der Waals surface area contributed by atoms with E-state index in [1.165, 1.54) is 36.9 Å². The maximum absolute atomic E-state index is 12.5. The maximum atomic E-state index is 12.5. The summed E-state index contributed by atoms with van der Waals surface area (Å²) in [5.74, 6) is 0.964. The average Bonchev–Trinajstić information content (AvgIpc) is 2.56. The Morgan fingerprint density at radius 1 is 1.22 bits per heavy atom. The van der Waals surface area contributed by atoms with E-state index in [9.17, 15) is 9.90 Å². The van der Waals surface area contributed by atoms with Gasteiger partial charge in [0.2, 0.25) is 5.91 Å². The molecule has 2 aliphatic carbocycles. The minimum Gasteiger partial charge on any atom is -0.390 e. The molecule has 3 aliphatic rings. The Morgan fingerprint density at radius 3 is 2.41 bits per heavy atom. The molecule has 0 atom stereocenters. The molecule has 1 spiro atoms. The Kier molecular flexibility index (Phi) is 4.41. The summed E-state index contributed by atoms with van der Waals surface area (Å²) in [5, 5.41) is 9.88. The van der Waals surface area contributed by atoms with Gasteiger partial charge >= 0.3 is 0 Å². The van der Waals surface area contributed by atoms with E-state index < -0.39 is 5.60 Å². The first-order chi connectivity index (χ1) is 12.6. The Balaban J connectivity index is 1.31. The van der Waals surface area contributed by atoms with Gasteiger partial charge in [0.1, 0.15) is 0 Å². The van der Waals surface area contributed by atoms with Crippen LogP contribution in [-0.4, -0.2) is 39.6 Å². The lowest BCUT2D eigenvalue weighted by Gasteiger charge is -2.55. The molecule has 0 radical (unpaired) electrons. The summed E-state index contributed by atoms with van der Waals surface area (Å²) in [5.41, 5.74) is 2.45. The van der Waals surface area contributed by atoms with Crippen LogP contribution >= 0.6 is 0 Å². The second kappa shape index (κ2) is 6.30. The van der Waals surface area contributed by atoms with Crippen molar-refractivity contribution in [1.29, 1.82) is 0 Å². The summed E-state index contributed by atoms with van der Waals surface area (Å²) >= 11 is 0. The van der Waals surface area contributed by atoms with Crippen LogP contribution in [0.4, 0.5) is 0 Å². The van der Waals surface area contributed by atoms with Crippen LogP contribution in [0, 0.1) is 11.3 Å². The molecule has 0 bridgehead atoms. The van der Waals surface area contributed by atoms with Gasteiger partial charge in [-0.2, -0.15) is 0 Å². The molecule has 2 saturated carbocycles. The van der Waals surface area contributed by atoms with Gasteiger partial charge in [0.05, 0.1) is 5.60 Å². The SMILES string of the molecule is CC1(O)CC(C(=O)N2CC3(CCC(c4ccnc(C(C)(C)C)c4)CC3)C2)C1. The summed E-state index contributed by atoms with van der Waals surface area (Å²) in [4.78, 5) is 19.2. The second-order valence-electron chi connectivity index (χ2n) is 10.8. The molecule has 3 fully saturated rings. The van der Waals surface area contributed by atoms with Gasteiger partial charge in [-0.3, -0.25) is 9.78 Å². The lowest BCUT2D eigenvalue weighted by Crippen LogP contribution is -2.62. The van der Waals surface area contributed by atoms with Gasteiger partial charge in [0.15, 0.2) is 0 Å².